The molecule has 1 saturated carbocycles. The second-order valence-electron chi connectivity index (χ2n) is 6.51. The standard InChI is InChI=1S/C19H23F2NO5/c1-11(23)18(16(22)10-26-9-12-4-5-12)13-7-14(20)19(15(21)8-13)27-6-2-3-17(24)25/h7-8,12,22-23H,2-6,9-10H2,1H3,(H,24,25)/b18-11-,22-16?. The molecule has 1 aromatic rings. The Hall–Kier alpha value is -2.48. The van der Waals surface area contributed by atoms with Crippen LogP contribution in [0.3, 0.4) is 0 Å². The SMILES string of the molecule is C/C(O)=C(/C(=N)COCC1CC1)c1cc(F)c(OCCCC(=O)O)c(F)c1. The fourth-order valence-corrected chi connectivity index (χ4v) is 2.53. The summed E-state index contributed by atoms with van der Waals surface area (Å²) in [5, 5.41) is 26.5. The van der Waals surface area contributed by atoms with E-state index in [0.717, 1.165) is 25.0 Å². The van der Waals surface area contributed by atoms with Crippen molar-refractivity contribution in [1.82, 2.24) is 0 Å². The fourth-order valence-electron chi connectivity index (χ4n) is 2.53. The van der Waals surface area contributed by atoms with Gasteiger partial charge in [-0.15, -0.1) is 0 Å². The predicted octanol–water partition coefficient (Wildman–Crippen LogP) is 3.94. The largest absolute Gasteiger partial charge is 0.512 e. The molecular formula is C19H23F2NO5. The van der Waals surface area contributed by atoms with Crippen LogP contribution in [0.15, 0.2) is 17.9 Å². The van der Waals surface area contributed by atoms with Crippen LogP contribution in [0.2, 0.25) is 0 Å². The van der Waals surface area contributed by atoms with Gasteiger partial charge in [0.05, 0.1) is 24.7 Å². The van der Waals surface area contributed by atoms with E-state index in [1.807, 2.05) is 0 Å². The lowest BCUT2D eigenvalue weighted by Gasteiger charge is -2.14. The zero-order valence-electron chi connectivity index (χ0n) is 15.1. The lowest BCUT2D eigenvalue weighted by molar-refractivity contribution is -0.137. The summed E-state index contributed by atoms with van der Waals surface area (Å²) in [6.45, 7) is 1.63. The summed E-state index contributed by atoms with van der Waals surface area (Å²) >= 11 is 0. The number of rotatable bonds is 11. The van der Waals surface area contributed by atoms with Gasteiger partial charge < -0.3 is 25.1 Å². The predicted molar refractivity (Wildman–Crippen MR) is 95.2 cm³/mol. The first kappa shape index (κ1) is 20.8. The molecule has 1 aliphatic rings. The molecular weight excluding hydrogens is 360 g/mol. The molecule has 0 bridgehead atoms. The normalized spacial score (nSPS) is 14.6. The summed E-state index contributed by atoms with van der Waals surface area (Å²) in [4.78, 5) is 10.4. The molecule has 0 spiro atoms. The molecule has 27 heavy (non-hydrogen) atoms. The zero-order chi connectivity index (χ0) is 20.0. The Kier molecular flexibility index (Phi) is 7.29. The zero-order valence-corrected chi connectivity index (χ0v) is 15.1. The number of carboxylic acids is 1. The molecule has 2 rings (SSSR count). The number of carbonyl (C=O) groups is 1. The van der Waals surface area contributed by atoms with Gasteiger partial charge in [0.2, 0.25) is 0 Å². The summed E-state index contributed by atoms with van der Waals surface area (Å²) in [6.07, 6.45) is 2.13. The molecule has 0 unspecified atom stereocenters. The van der Waals surface area contributed by atoms with Crippen molar-refractivity contribution in [3.05, 3.63) is 35.1 Å². The molecule has 148 valence electrons. The molecule has 3 N–H and O–H groups in total. The minimum Gasteiger partial charge on any atom is -0.512 e. The summed E-state index contributed by atoms with van der Waals surface area (Å²) < 4.78 is 38.9. The highest BCUT2D eigenvalue weighted by Gasteiger charge is 2.23. The number of nitrogens with one attached hydrogen (secondary N) is 1. The molecule has 0 saturated heterocycles. The van der Waals surface area contributed by atoms with Crippen LogP contribution in [0.1, 0.15) is 38.2 Å². The van der Waals surface area contributed by atoms with E-state index in [4.69, 9.17) is 20.0 Å². The fraction of sp³-hybridized carbons (Fsp3) is 0.474. The van der Waals surface area contributed by atoms with Gasteiger partial charge in [0.1, 0.15) is 0 Å². The number of hydrogen-bond acceptors (Lipinski definition) is 5. The van der Waals surface area contributed by atoms with Gasteiger partial charge in [-0.2, -0.15) is 0 Å². The molecule has 0 aliphatic heterocycles. The number of halogens is 2. The molecule has 1 fully saturated rings. The van der Waals surface area contributed by atoms with Crippen LogP contribution in [0.25, 0.3) is 5.57 Å². The van der Waals surface area contributed by atoms with Crippen molar-refractivity contribution in [3.63, 3.8) is 0 Å². The van der Waals surface area contributed by atoms with Crippen LogP contribution in [-0.2, 0) is 9.53 Å². The van der Waals surface area contributed by atoms with Crippen molar-refractivity contribution in [2.75, 3.05) is 19.8 Å². The average molecular weight is 383 g/mol. The Balaban J connectivity index is 2.08. The molecule has 0 amide bonds. The topological polar surface area (TPSA) is 99.8 Å². The molecule has 6 nitrogen and oxygen atoms in total. The van der Waals surface area contributed by atoms with E-state index in [0.29, 0.717) is 12.5 Å². The third kappa shape index (κ3) is 6.32. The molecule has 8 heteroatoms. The third-order valence-corrected chi connectivity index (χ3v) is 4.03. The monoisotopic (exact) mass is 383 g/mol. The Bertz CT molecular complexity index is 717. The smallest absolute Gasteiger partial charge is 0.303 e. The van der Waals surface area contributed by atoms with Crippen molar-refractivity contribution >= 4 is 17.3 Å². The van der Waals surface area contributed by atoms with Gasteiger partial charge in [-0.05, 0) is 49.8 Å². The lowest BCUT2D eigenvalue weighted by atomic mass is 9.99. The first-order valence-corrected chi connectivity index (χ1v) is 8.69. The number of carboxylic acid groups (broad SMARTS) is 1. The summed E-state index contributed by atoms with van der Waals surface area (Å²) in [6, 6.07) is 1.94. The number of aliphatic hydroxyl groups is 1. The molecule has 1 aromatic carbocycles. The number of benzene rings is 1. The van der Waals surface area contributed by atoms with Gasteiger partial charge in [0, 0.05) is 18.6 Å². The van der Waals surface area contributed by atoms with Gasteiger partial charge in [-0.1, -0.05) is 0 Å². The molecule has 0 radical (unpaired) electrons. The summed E-state index contributed by atoms with van der Waals surface area (Å²) in [7, 11) is 0. The van der Waals surface area contributed by atoms with E-state index >= 15 is 0 Å². The minimum absolute atomic E-state index is 0.000948. The maximum atomic E-state index is 14.3. The van der Waals surface area contributed by atoms with E-state index < -0.39 is 23.4 Å². The third-order valence-electron chi connectivity index (χ3n) is 4.03. The summed E-state index contributed by atoms with van der Waals surface area (Å²) in [5.41, 5.74) is -0.0755. The minimum atomic E-state index is -1.02. The maximum Gasteiger partial charge on any atom is 0.303 e. The number of ether oxygens (including phenoxy) is 2. The highest BCUT2D eigenvalue weighted by molar-refractivity contribution is 6.23. The highest BCUT2D eigenvalue weighted by atomic mass is 19.1. The highest BCUT2D eigenvalue weighted by Crippen LogP contribution is 2.30. The Morgan fingerprint density at radius 1 is 1.26 bits per heavy atom. The van der Waals surface area contributed by atoms with Gasteiger partial charge in [0.15, 0.2) is 17.4 Å². The van der Waals surface area contributed by atoms with Crippen molar-refractivity contribution in [3.8, 4) is 5.75 Å². The van der Waals surface area contributed by atoms with Crippen LogP contribution in [0.5, 0.6) is 5.75 Å². The van der Waals surface area contributed by atoms with E-state index in [-0.39, 0.29) is 48.7 Å². The Morgan fingerprint density at radius 3 is 2.41 bits per heavy atom. The molecule has 0 heterocycles. The number of aliphatic hydroxyl groups excluding tert-OH is 1. The Labute approximate surface area is 155 Å². The summed E-state index contributed by atoms with van der Waals surface area (Å²) in [5.74, 6) is -3.37. The molecule has 0 atom stereocenters. The number of allylic oxidation sites excluding steroid dienone is 1. The van der Waals surface area contributed by atoms with Crippen molar-refractivity contribution in [2.45, 2.75) is 32.6 Å². The van der Waals surface area contributed by atoms with E-state index in [1.54, 1.807) is 0 Å². The van der Waals surface area contributed by atoms with E-state index in [9.17, 15) is 18.7 Å². The lowest BCUT2D eigenvalue weighted by Crippen LogP contribution is -2.13. The van der Waals surface area contributed by atoms with E-state index in [2.05, 4.69) is 0 Å². The number of aliphatic carboxylic acids is 1. The van der Waals surface area contributed by atoms with E-state index in [1.165, 1.54) is 6.92 Å². The van der Waals surface area contributed by atoms with Gasteiger partial charge >= 0.3 is 5.97 Å². The second kappa shape index (κ2) is 9.45. The van der Waals surface area contributed by atoms with Crippen LogP contribution in [-0.4, -0.2) is 41.7 Å². The second-order valence-corrected chi connectivity index (χ2v) is 6.51. The van der Waals surface area contributed by atoms with Crippen LogP contribution in [0.4, 0.5) is 8.78 Å². The first-order chi connectivity index (χ1) is 12.8. The molecule has 1 aliphatic carbocycles. The van der Waals surface area contributed by atoms with Gasteiger partial charge in [-0.3, -0.25) is 4.79 Å². The average Bonchev–Trinajstić information content (AvgIpc) is 3.37. The number of hydrogen-bond donors (Lipinski definition) is 3. The van der Waals surface area contributed by atoms with Crippen LogP contribution >= 0.6 is 0 Å². The first-order valence-electron chi connectivity index (χ1n) is 8.69. The Morgan fingerprint density at radius 2 is 1.89 bits per heavy atom. The van der Waals surface area contributed by atoms with Crippen LogP contribution < -0.4 is 4.74 Å². The van der Waals surface area contributed by atoms with Gasteiger partial charge in [0.25, 0.3) is 0 Å². The molecule has 0 aromatic heterocycles. The van der Waals surface area contributed by atoms with Crippen molar-refractivity contribution in [1.29, 1.82) is 5.41 Å². The van der Waals surface area contributed by atoms with Gasteiger partial charge in [-0.25, -0.2) is 8.78 Å². The van der Waals surface area contributed by atoms with Crippen molar-refractivity contribution in [2.24, 2.45) is 5.92 Å². The quantitative estimate of drug-likeness (QED) is 0.305. The maximum absolute atomic E-state index is 14.3. The van der Waals surface area contributed by atoms with Crippen LogP contribution in [0, 0.1) is 23.0 Å². The van der Waals surface area contributed by atoms with Crippen molar-refractivity contribution < 1.29 is 33.3 Å².